The molecule has 0 spiro atoms. The number of rotatable bonds is 2. The molecule has 0 atom stereocenters. The molecule has 0 radical (unpaired) electrons. The van der Waals surface area contributed by atoms with Gasteiger partial charge in [-0.05, 0) is 17.5 Å². The van der Waals surface area contributed by atoms with Gasteiger partial charge in [0, 0.05) is 13.1 Å². The molecular formula is C12H19NOS. The minimum absolute atomic E-state index is 0.995. The molecule has 2 rings (SSSR count). The minimum atomic E-state index is 0.995. The Labute approximate surface area is 97.0 Å². The molecule has 15 heavy (non-hydrogen) atoms. The maximum atomic E-state index is 5.04. The van der Waals surface area contributed by atoms with Crippen LogP contribution >= 0.6 is 12.2 Å². The summed E-state index contributed by atoms with van der Waals surface area (Å²) in [5.74, 6) is 0. The zero-order valence-electron chi connectivity index (χ0n) is 9.69. The van der Waals surface area contributed by atoms with E-state index in [-0.39, 0.29) is 0 Å². The molecule has 3 heteroatoms. The fourth-order valence-corrected chi connectivity index (χ4v) is 2.21. The van der Waals surface area contributed by atoms with Gasteiger partial charge < -0.3 is 4.18 Å². The lowest BCUT2D eigenvalue weighted by atomic mass is 10.0. The van der Waals surface area contributed by atoms with Gasteiger partial charge >= 0.3 is 0 Å². The van der Waals surface area contributed by atoms with E-state index in [0.717, 1.165) is 19.5 Å². The fraction of sp³-hybridized carbons (Fsp3) is 0.500. The van der Waals surface area contributed by atoms with Gasteiger partial charge in [0.1, 0.15) is 0 Å². The third-order valence-corrected chi connectivity index (χ3v) is 2.95. The van der Waals surface area contributed by atoms with Crippen molar-refractivity contribution in [2.75, 3.05) is 13.7 Å². The van der Waals surface area contributed by atoms with E-state index in [9.17, 15) is 0 Å². The van der Waals surface area contributed by atoms with Crippen LogP contribution in [0.2, 0.25) is 0 Å². The zero-order valence-corrected chi connectivity index (χ0v) is 10.5. The molecule has 0 unspecified atom stereocenters. The van der Waals surface area contributed by atoms with Gasteiger partial charge in [-0.3, -0.25) is 0 Å². The lowest BCUT2D eigenvalue weighted by Gasteiger charge is -2.25. The highest BCUT2D eigenvalue weighted by Gasteiger charge is 2.15. The average molecular weight is 225 g/mol. The molecule has 0 bridgehead atoms. The normalized spacial score (nSPS) is 15.1. The number of hydrogen-bond acceptors (Lipinski definition) is 3. The second-order valence-corrected chi connectivity index (χ2v) is 4.12. The monoisotopic (exact) mass is 225 g/mol. The SMILES string of the molecule is CC.COSN1CCc2ccccc2C1. The van der Waals surface area contributed by atoms with E-state index in [0.29, 0.717) is 0 Å². The molecule has 0 saturated heterocycles. The van der Waals surface area contributed by atoms with Crippen LogP contribution in [0, 0.1) is 0 Å². The average Bonchev–Trinajstić information content (AvgIpc) is 2.32. The van der Waals surface area contributed by atoms with Crippen LogP contribution in [0.15, 0.2) is 24.3 Å². The molecule has 0 aromatic heterocycles. The van der Waals surface area contributed by atoms with Crippen LogP contribution in [0.1, 0.15) is 25.0 Å². The van der Waals surface area contributed by atoms with Gasteiger partial charge in [-0.1, -0.05) is 38.1 Å². The maximum absolute atomic E-state index is 5.04. The molecule has 0 saturated carbocycles. The second-order valence-electron chi connectivity index (χ2n) is 3.12. The van der Waals surface area contributed by atoms with E-state index in [1.807, 2.05) is 13.8 Å². The lowest BCUT2D eigenvalue weighted by molar-refractivity contribution is 0.384. The molecule has 84 valence electrons. The molecule has 1 aromatic carbocycles. The molecule has 1 aliphatic rings. The highest BCUT2D eigenvalue weighted by Crippen LogP contribution is 2.23. The standard InChI is InChI=1S/C10H13NOS.C2H6/c1-12-13-11-7-6-9-4-2-3-5-10(9)8-11;1-2/h2-5H,6-8H2,1H3;1-2H3. The summed E-state index contributed by atoms with van der Waals surface area (Å²) in [7, 11) is 1.71. The first-order valence-corrected chi connectivity index (χ1v) is 6.12. The first kappa shape index (κ1) is 12.6. The van der Waals surface area contributed by atoms with Gasteiger partial charge in [0.15, 0.2) is 0 Å². The van der Waals surface area contributed by atoms with Crippen LogP contribution in [-0.2, 0) is 17.1 Å². The summed E-state index contributed by atoms with van der Waals surface area (Å²) in [6.07, 6.45) is 1.13. The Kier molecular flexibility index (Phi) is 5.76. The number of nitrogens with zero attached hydrogens (tertiary/aromatic N) is 1. The summed E-state index contributed by atoms with van der Waals surface area (Å²) >= 11 is 1.45. The van der Waals surface area contributed by atoms with Crippen molar-refractivity contribution in [1.29, 1.82) is 0 Å². The predicted octanol–water partition coefficient (Wildman–Crippen LogP) is 3.28. The van der Waals surface area contributed by atoms with Crippen molar-refractivity contribution in [2.24, 2.45) is 0 Å². The van der Waals surface area contributed by atoms with Crippen molar-refractivity contribution in [3.05, 3.63) is 35.4 Å². The smallest absolute Gasteiger partial charge is 0.0819 e. The van der Waals surface area contributed by atoms with Gasteiger partial charge in [-0.15, -0.1) is 0 Å². The Bertz CT molecular complexity index is 291. The van der Waals surface area contributed by atoms with Crippen molar-refractivity contribution >= 4 is 12.2 Å². The second kappa shape index (κ2) is 6.88. The van der Waals surface area contributed by atoms with Crippen LogP contribution in [0.3, 0.4) is 0 Å². The lowest BCUT2D eigenvalue weighted by Crippen LogP contribution is -2.24. The van der Waals surface area contributed by atoms with Crippen LogP contribution in [0.5, 0.6) is 0 Å². The van der Waals surface area contributed by atoms with Gasteiger partial charge in [0.2, 0.25) is 0 Å². The maximum Gasteiger partial charge on any atom is 0.0819 e. The first-order chi connectivity index (χ1) is 7.40. The molecule has 0 N–H and O–H groups in total. The van der Waals surface area contributed by atoms with Crippen molar-refractivity contribution in [2.45, 2.75) is 26.8 Å². The van der Waals surface area contributed by atoms with E-state index in [1.165, 1.54) is 23.4 Å². The molecule has 0 fully saturated rings. The van der Waals surface area contributed by atoms with E-state index in [4.69, 9.17) is 4.18 Å². The van der Waals surface area contributed by atoms with Crippen LogP contribution in [0.4, 0.5) is 0 Å². The summed E-state index contributed by atoms with van der Waals surface area (Å²) in [4.78, 5) is 0. The molecule has 1 aliphatic heterocycles. The highest BCUT2D eigenvalue weighted by molar-refractivity contribution is 7.92. The van der Waals surface area contributed by atoms with Crippen molar-refractivity contribution in [3.63, 3.8) is 0 Å². The van der Waals surface area contributed by atoms with Crippen LogP contribution < -0.4 is 0 Å². The Morgan fingerprint density at radius 2 is 1.87 bits per heavy atom. The van der Waals surface area contributed by atoms with Gasteiger partial charge in [0.05, 0.1) is 19.3 Å². The predicted molar refractivity (Wildman–Crippen MR) is 66.5 cm³/mol. The largest absolute Gasteiger partial charge is 0.304 e. The minimum Gasteiger partial charge on any atom is -0.304 e. The summed E-state index contributed by atoms with van der Waals surface area (Å²) in [5, 5.41) is 0. The summed E-state index contributed by atoms with van der Waals surface area (Å²) in [6.45, 7) is 6.07. The third kappa shape index (κ3) is 3.52. The molecule has 2 nitrogen and oxygen atoms in total. The Hall–Kier alpha value is -0.510. The molecule has 0 amide bonds. The molecule has 0 aliphatic carbocycles. The topological polar surface area (TPSA) is 12.5 Å². The fourth-order valence-electron chi connectivity index (χ4n) is 1.64. The molecule has 1 heterocycles. The van der Waals surface area contributed by atoms with Crippen LogP contribution in [0.25, 0.3) is 0 Å². The van der Waals surface area contributed by atoms with E-state index < -0.39 is 0 Å². The van der Waals surface area contributed by atoms with Crippen molar-refractivity contribution < 1.29 is 4.18 Å². The van der Waals surface area contributed by atoms with E-state index in [2.05, 4.69) is 28.6 Å². The Morgan fingerprint density at radius 1 is 1.20 bits per heavy atom. The zero-order chi connectivity index (χ0) is 11.1. The van der Waals surface area contributed by atoms with Crippen molar-refractivity contribution in [3.8, 4) is 0 Å². The van der Waals surface area contributed by atoms with Gasteiger partial charge in [-0.25, -0.2) is 4.31 Å². The summed E-state index contributed by atoms with van der Waals surface area (Å²) in [6, 6.07) is 8.61. The Morgan fingerprint density at radius 3 is 2.53 bits per heavy atom. The highest BCUT2D eigenvalue weighted by atomic mass is 32.2. The number of benzene rings is 1. The van der Waals surface area contributed by atoms with E-state index in [1.54, 1.807) is 7.11 Å². The van der Waals surface area contributed by atoms with Crippen molar-refractivity contribution in [1.82, 2.24) is 4.31 Å². The van der Waals surface area contributed by atoms with Gasteiger partial charge in [0.25, 0.3) is 0 Å². The van der Waals surface area contributed by atoms with E-state index >= 15 is 0 Å². The van der Waals surface area contributed by atoms with Crippen LogP contribution in [-0.4, -0.2) is 18.0 Å². The summed E-state index contributed by atoms with van der Waals surface area (Å²) in [5.41, 5.74) is 2.91. The molecular weight excluding hydrogens is 206 g/mol. The summed E-state index contributed by atoms with van der Waals surface area (Å²) < 4.78 is 7.28. The number of hydrogen-bond donors (Lipinski definition) is 0. The van der Waals surface area contributed by atoms with Gasteiger partial charge in [-0.2, -0.15) is 0 Å². The quantitative estimate of drug-likeness (QED) is 0.566. The number of fused-ring (bicyclic) bond motifs is 1. The first-order valence-electron chi connectivity index (χ1n) is 5.42. The third-order valence-electron chi connectivity index (χ3n) is 2.28. The molecule has 1 aromatic rings. The Balaban J connectivity index is 0.000000531.